The molecule has 4 rings (SSSR count). The SMILES string of the molecule is COc1cc(NC(C(=O)c2c[nH]c3cc(F)ccc23)c2ccc(F)cc2C)cc(OCCO)c1. The Hall–Kier alpha value is -3.91. The fourth-order valence-corrected chi connectivity index (χ4v) is 3.89. The summed E-state index contributed by atoms with van der Waals surface area (Å²) in [5.74, 6) is -0.170. The van der Waals surface area contributed by atoms with Gasteiger partial charge in [0.1, 0.15) is 35.8 Å². The summed E-state index contributed by atoms with van der Waals surface area (Å²) in [5.41, 5.74) is 2.58. The van der Waals surface area contributed by atoms with E-state index in [9.17, 15) is 13.6 Å². The number of aliphatic hydroxyl groups is 1. The number of fused-ring (bicyclic) bond motifs is 1. The van der Waals surface area contributed by atoms with Crippen molar-refractivity contribution in [3.63, 3.8) is 0 Å². The summed E-state index contributed by atoms with van der Waals surface area (Å²) < 4.78 is 38.4. The second kappa shape index (κ2) is 9.93. The molecule has 0 amide bonds. The second-order valence-electron chi connectivity index (χ2n) is 7.80. The highest BCUT2D eigenvalue weighted by molar-refractivity contribution is 6.11. The van der Waals surface area contributed by atoms with Crippen LogP contribution in [0.3, 0.4) is 0 Å². The van der Waals surface area contributed by atoms with E-state index in [1.807, 2.05) is 0 Å². The van der Waals surface area contributed by atoms with Crippen molar-refractivity contribution in [1.29, 1.82) is 0 Å². The number of aliphatic hydroxyl groups excluding tert-OH is 1. The number of anilines is 1. The molecular formula is C26H24F2N2O4. The first kappa shape index (κ1) is 23.3. The molecule has 0 aliphatic carbocycles. The lowest BCUT2D eigenvalue weighted by molar-refractivity contribution is 0.0970. The molecule has 1 unspecified atom stereocenters. The van der Waals surface area contributed by atoms with E-state index in [0.29, 0.717) is 44.8 Å². The molecule has 0 spiro atoms. The molecule has 0 saturated carbocycles. The molecule has 1 heterocycles. The van der Waals surface area contributed by atoms with E-state index in [4.69, 9.17) is 14.6 Å². The van der Waals surface area contributed by atoms with Gasteiger partial charge in [-0.3, -0.25) is 4.79 Å². The van der Waals surface area contributed by atoms with Gasteiger partial charge in [0.05, 0.1) is 13.7 Å². The lowest BCUT2D eigenvalue weighted by Crippen LogP contribution is -2.22. The Balaban J connectivity index is 1.78. The lowest BCUT2D eigenvalue weighted by Gasteiger charge is -2.22. The van der Waals surface area contributed by atoms with Crippen LogP contribution >= 0.6 is 0 Å². The van der Waals surface area contributed by atoms with Crippen molar-refractivity contribution in [2.24, 2.45) is 0 Å². The van der Waals surface area contributed by atoms with Crippen LogP contribution in [0.2, 0.25) is 0 Å². The number of rotatable bonds is 9. The zero-order valence-electron chi connectivity index (χ0n) is 18.7. The average Bonchev–Trinajstić information content (AvgIpc) is 3.24. The number of ketones is 1. The first-order valence-corrected chi connectivity index (χ1v) is 10.7. The molecule has 1 aromatic heterocycles. The summed E-state index contributed by atoms with van der Waals surface area (Å²) in [6, 6.07) is 12.6. The molecular weight excluding hydrogens is 442 g/mol. The average molecular weight is 466 g/mol. The molecule has 3 N–H and O–H groups in total. The molecule has 1 atom stereocenters. The maximum Gasteiger partial charge on any atom is 0.191 e. The first-order valence-electron chi connectivity index (χ1n) is 10.7. The summed E-state index contributed by atoms with van der Waals surface area (Å²) in [4.78, 5) is 16.7. The van der Waals surface area contributed by atoms with Crippen LogP contribution in [0.1, 0.15) is 27.5 Å². The van der Waals surface area contributed by atoms with E-state index in [-0.39, 0.29) is 19.0 Å². The van der Waals surface area contributed by atoms with Crippen molar-refractivity contribution in [2.75, 3.05) is 25.6 Å². The Morgan fingerprint density at radius 3 is 2.53 bits per heavy atom. The topological polar surface area (TPSA) is 83.6 Å². The van der Waals surface area contributed by atoms with Crippen molar-refractivity contribution < 1.29 is 28.2 Å². The quantitative estimate of drug-likeness (QED) is 0.297. The molecule has 34 heavy (non-hydrogen) atoms. The number of methoxy groups -OCH3 is 1. The predicted octanol–water partition coefficient (Wildman–Crippen LogP) is 5.17. The monoisotopic (exact) mass is 466 g/mol. The highest BCUT2D eigenvalue weighted by Crippen LogP contribution is 2.33. The Kier molecular flexibility index (Phi) is 6.79. The number of hydrogen-bond acceptors (Lipinski definition) is 5. The van der Waals surface area contributed by atoms with Gasteiger partial charge < -0.3 is 24.9 Å². The zero-order valence-corrected chi connectivity index (χ0v) is 18.7. The Bertz CT molecular complexity index is 1340. The number of aryl methyl sites for hydroxylation is 1. The molecule has 3 aromatic carbocycles. The van der Waals surface area contributed by atoms with Crippen LogP contribution in [0.5, 0.6) is 11.5 Å². The van der Waals surface area contributed by atoms with Gasteiger partial charge in [-0.15, -0.1) is 0 Å². The maximum atomic E-state index is 13.8. The molecule has 6 nitrogen and oxygen atoms in total. The third-order valence-corrected chi connectivity index (χ3v) is 5.50. The van der Waals surface area contributed by atoms with E-state index in [1.165, 1.54) is 31.4 Å². The first-order chi connectivity index (χ1) is 16.4. The highest BCUT2D eigenvalue weighted by Gasteiger charge is 2.26. The Morgan fingerprint density at radius 2 is 1.79 bits per heavy atom. The van der Waals surface area contributed by atoms with Gasteiger partial charge in [0.15, 0.2) is 5.78 Å². The Morgan fingerprint density at radius 1 is 1.06 bits per heavy atom. The predicted molar refractivity (Wildman–Crippen MR) is 126 cm³/mol. The van der Waals surface area contributed by atoms with E-state index < -0.39 is 17.7 Å². The second-order valence-corrected chi connectivity index (χ2v) is 7.80. The van der Waals surface area contributed by atoms with Crippen LogP contribution in [0.25, 0.3) is 10.9 Å². The summed E-state index contributed by atoms with van der Waals surface area (Å²) in [5, 5.41) is 12.9. The number of carbonyl (C=O) groups excluding carboxylic acids is 1. The number of aromatic amines is 1. The molecule has 0 aliphatic heterocycles. The minimum Gasteiger partial charge on any atom is -0.497 e. The largest absolute Gasteiger partial charge is 0.497 e. The number of H-pyrrole nitrogens is 1. The Labute approximate surface area is 195 Å². The fraction of sp³-hybridized carbons (Fsp3) is 0.192. The number of halogens is 2. The summed E-state index contributed by atoms with van der Waals surface area (Å²) in [6.45, 7) is 1.67. The van der Waals surface area contributed by atoms with Gasteiger partial charge in [-0.1, -0.05) is 6.07 Å². The van der Waals surface area contributed by atoms with Gasteiger partial charge in [0.25, 0.3) is 0 Å². The summed E-state index contributed by atoms with van der Waals surface area (Å²) >= 11 is 0. The lowest BCUT2D eigenvalue weighted by atomic mass is 9.93. The van der Waals surface area contributed by atoms with Crippen LogP contribution < -0.4 is 14.8 Å². The molecule has 0 saturated heterocycles. The molecule has 0 aliphatic rings. The third kappa shape index (κ3) is 4.87. The van der Waals surface area contributed by atoms with Crippen molar-refractivity contribution in [1.82, 2.24) is 4.98 Å². The summed E-state index contributed by atoms with van der Waals surface area (Å²) in [6.07, 6.45) is 1.54. The molecule has 0 fully saturated rings. The zero-order chi connectivity index (χ0) is 24.2. The normalized spacial score (nSPS) is 11.9. The van der Waals surface area contributed by atoms with Crippen LogP contribution in [0.4, 0.5) is 14.5 Å². The van der Waals surface area contributed by atoms with E-state index in [0.717, 1.165) is 0 Å². The molecule has 0 radical (unpaired) electrons. The van der Waals surface area contributed by atoms with E-state index in [2.05, 4.69) is 10.3 Å². The van der Waals surface area contributed by atoms with E-state index in [1.54, 1.807) is 43.5 Å². The van der Waals surface area contributed by atoms with Gasteiger partial charge in [-0.25, -0.2) is 8.78 Å². The van der Waals surface area contributed by atoms with Crippen LogP contribution in [-0.2, 0) is 0 Å². The van der Waals surface area contributed by atoms with Crippen molar-refractivity contribution in [3.8, 4) is 11.5 Å². The van der Waals surface area contributed by atoms with Crippen molar-refractivity contribution in [2.45, 2.75) is 13.0 Å². The number of ether oxygens (including phenoxy) is 2. The number of Topliss-reactive ketones (excluding diaryl/α,β-unsaturated/α-hetero) is 1. The fourth-order valence-electron chi connectivity index (χ4n) is 3.89. The third-order valence-electron chi connectivity index (χ3n) is 5.50. The van der Waals surface area contributed by atoms with Crippen molar-refractivity contribution in [3.05, 3.63) is 89.1 Å². The van der Waals surface area contributed by atoms with Crippen molar-refractivity contribution >= 4 is 22.4 Å². The standard InChI is InChI=1S/C26H24F2N2O4/c1-15-9-16(27)3-5-21(15)25(26(32)23-14-29-24-10-17(28)4-6-22(23)24)30-18-11-19(33-2)13-20(12-18)34-8-7-31/h3-6,9-14,25,29-31H,7-8H2,1-2H3. The molecule has 8 heteroatoms. The smallest absolute Gasteiger partial charge is 0.191 e. The van der Waals surface area contributed by atoms with Gasteiger partial charge in [-0.05, 0) is 48.4 Å². The molecule has 4 aromatic rings. The highest BCUT2D eigenvalue weighted by atomic mass is 19.1. The molecule has 0 bridgehead atoms. The maximum absolute atomic E-state index is 13.8. The van der Waals surface area contributed by atoms with Gasteiger partial charge in [0, 0.05) is 46.5 Å². The molecule has 176 valence electrons. The van der Waals surface area contributed by atoms with Crippen LogP contribution in [0.15, 0.2) is 60.8 Å². The van der Waals surface area contributed by atoms with Gasteiger partial charge in [-0.2, -0.15) is 0 Å². The number of aromatic nitrogens is 1. The number of hydrogen-bond donors (Lipinski definition) is 3. The summed E-state index contributed by atoms with van der Waals surface area (Å²) in [7, 11) is 1.51. The van der Waals surface area contributed by atoms with Gasteiger partial charge in [0.2, 0.25) is 0 Å². The van der Waals surface area contributed by atoms with Crippen LogP contribution in [0, 0.1) is 18.6 Å². The number of benzene rings is 3. The minimum atomic E-state index is -0.887. The minimum absolute atomic E-state index is 0.0952. The van der Waals surface area contributed by atoms with Gasteiger partial charge >= 0.3 is 0 Å². The number of nitrogens with one attached hydrogen (secondary N) is 2. The van der Waals surface area contributed by atoms with Crippen LogP contribution in [-0.4, -0.2) is 36.2 Å². The van der Waals surface area contributed by atoms with E-state index >= 15 is 0 Å². The number of carbonyl (C=O) groups is 1.